The molecule has 2 aromatic rings. The molecule has 0 spiro atoms. The molecule has 7 heteroatoms. The van der Waals surface area contributed by atoms with Gasteiger partial charge in [-0.05, 0) is 6.07 Å². The molecule has 0 amide bonds. The van der Waals surface area contributed by atoms with E-state index in [0.29, 0.717) is 5.88 Å². The molecule has 3 rings (SSSR count). The molecule has 0 radical (unpaired) electrons. The van der Waals surface area contributed by atoms with Crippen molar-refractivity contribution in [2.75, 3.05) is 33.3 Å². The molecule has 0 aliphatic carbocycles. The number of hydrogen-bond donors (Lipinski definition) is 0. The molecular weight excluding hydrogens is 280 g/mol. The third kappa shape index (κ3) is 3.61. The summed E-state index contributed by atoms with van der Waals surface area (Å²) >= 11 is 0. The van der Waals surface area contributed by atoms with Gasteiger partial charge >= 0.3 is 0 Å². The molecule has 0 aromatic carbocycles. The van der Waals surface area contributed by atoms with E-state index in [1.807, 2.05) is 23.9 Å². The van der Waals surface area contributed by atoms with Gasteiger partial charge in [0, 0.05) is 45.8 Å². The van der Waals surface area contributed by atoms with Crippen molar-refractivity contribution in [3.05, 3.63) is 36.0 Å². The average molecular weight is 302 g/mol. The number of aromatic nitrogens is 4. The van der Waals surface area contributed by atoms with E-state index >= 15 is 0 Å². The minimum absolute atomic E-state index is 0.679. The molecule has 0 unspecified atom stereocenters. The largest absolute Gasteiger partial charge is 0.481 e. The van der Waals surface area contributed by atoms with Crippen LogP contribution >= 0.6 is 0 Å². The van der Waals surface area contributed by atoms with Crippen molar-refractivity contribution >= 4 is 0 Å². The zero-order valence-corrected chi connectivity index (χ0v) is 13.1. The lowest BCUT2D eigenvalue weighted by atomic mass is 10.2. The number of aryl methyl sites for hydroxylation is 1. The van der Waals surface area contributed by atoms with Crippen LogP contribution in [0.2, 0.25) is 0 Å². The molecule has 1 saturated heterocycles. The molecule has 7 nitrogen and oxygen atoms in total. The van der Waals surface area contributed by atoms with Crippen LogP contribution in [-0.4, -0.2) is 62.8 Å². The number of nitrogens with zero attached hydrogens (tertiary/aromatic N) is 6. The van der Waals surface area contributed by atoms with Crippen LogP contribution in [0.15, 0.2) is 24.5 Å². The van der Waals surface area contributed by atoms with Crippen LogP contribution < -0.4 is 4.74 Å². The number of pyridine rings is 1. The molecule has 0 atom stereocenters. The Balaban J connectivity index is 1.50. The third-order valence-electron chi connectivity index (χ3n) is 4.01. The van der Waals surface area contributed by atoms with Crippen molar-refractivity contribution in [1.29, 1.82) is 0 Å². The molecule has 22 heavy (non-hydrogen) atoms. The van der Waals surface area contributed by atoms with Gasteiger partial charge in [-0.15, -0.1) is 0 Å². The predicted octanol–water partition coefficient (Wildman–Crippen LogP) is 0.536. The lowest BCUT2D eigenvalue weighted by Crippen LogP contribution is -2.45. The summed E-state index contributed by atoms with van der Waals surface area (Å²) in [6.07, 6.45) is 1.61. The van der Waals surface area contributed by atoms with E-state index in [1.54, 1.807) is 13.4 Å². The fourth-order valence-corrected chi connectivity index (χ4v) is 2.66. The van der Waals surface area contributed by atoms with Crippen molar-refractivity contribution in [3.63, 3.8) is 0 Å². The van der Waals surface area contributed by atoms with Gasteiger partial charge in [-0.2, -0.15) is 5.10 Å². The lowest BCUT2D eigenvalue weighted by Gasteiger charge is -2.34. The SMILES string of the molecule is COc1cccc(CN2CCN(Cc3ncnn3C)CC2)n1. The molecule has 0 N–H and O–H groups in total. The topological polar surface area (TPSA) is 59.3 Å². The Morgan fingerprint density at radius 2 is 1.82 bits per heavy atom. The first-order chi connectivity index (χ1) is 10.7. The lowest BCUT2D eigenvalue weighted by molar-refractivity contribution is 0.117. The highest BCUT2D eigenvalue weighted by atomic mass is 16.5. The zero-order chi connectivity index (χ0) is 15.4. The Bertz CT molecular complexity index is 606. The smallest absolute Gasteiger partial charge is 0.213 e. The Morgan fingerprint density at radius 1 is 1.09 bits per heavy atom. The molecular formula is C15H22N6O. The summed E-state index contributed by atoms with van der Waals surface area (Å²) in [4.78, 5) is 13.6. The van der Waals surface area contributed by atoms with E-state index in [2.05, 4.69) is 30.9 Å². The van der Waals surface area contributed by atoms with Crippen LogP contribution in [0.25, 0.3) is 0 Å². The maximum absolute atomic E-state index is 5.18. The summed E-state index contributed by atoms with van der Waals surface area (Å²) in [5.74, 6) is 1.70. The zero-order valence-electron chi connectivity index (χ0n) is 13.1. The highest BCUT2D eigenvalue weighted by molar-refractivity contribution is 5.15. The normalized spacial score (nSPS) is 16.8. The Kier molecular flexibility index (Phi) is 4.65. The van der Waals surface area contributed by atoms with Gasteiger partial charge in [-0.3, -0.25) is 14.5 Å². The van der Waals surface area contributed by atoms with Crippen LogP contribution in [0.5, 0.6) is 5.88 Å². The molecule has 3 heterocycles. The first-order valence-electron chi connectivity index (χ1n) is 7.52. The van der Waals surface area contributed by atoms with Gasteiger partial charge in [0.25, 0.3) is 0 Å². The average Bonchev–Trinajstić information content (AvgIpc) is 2.94. The number of rotatable bonds is 5. The Labute approximate surface area is 130 Å². The highest BCUT2D eigenvalue weighted by Crippen LogP contribution is 2.12. The molecule has 1 aliphatic rings. The van der Waals surface area contributed by atoms with Crippen LogP contribution in [-0.2, 0) is 20.1 Å². The summed E-state index contributed by atoms with van der Waals surface area (Å²) in [5, 5.41) is 4.12. The van der Waals surface area contributed by atoms with Gasteiger partial charge in [0.1, 0.15) is 12.2 Å². The van der Waals surface area contributed by atoms with Crippen molar-refractivity contribution in [2.45, 2.75) is 13.1 Å². The Morgan fingerprint density at radius 3 is 2.45 bits per heavy atom. The molecule has 2 aromatic heterocycles. The molecule has 1 fully saturated rings. The van der Waals surface area contributed by atoms with Crippen LogP contribution in [0.4, 0.5) is 0 Å². The predicted molar refractivity (Wildman–Crippen MR) is 82.3 cm³/mol. The summed E-state index contributed by atoms with van der Waals surface area (Å²) in [6.45, 7) is 5.89. The number of ether oxygens (including phenoxy) is 1. The van der Waals surface area contributed by atoms with Gasteiger partial charge in [0.05, 0.1) is 19.3 Å². The van der Waals surface area contributed by atoms with E-state index in [4.69, 9.17) is 4.74 Å². The second-order valence-electron chi connectivity index (χ2n) is 5.52. The maximum Gasteiger partial charge on any atom is 0.213 e. The third-order valence-corrected chi connectivity index (χ3v) is 4.01. The first kappa shape index (κ1) is 14.9. The monoisotopic (exact) mass is 302 g/mol. The number of hydrogen-bond acceptors (Lipinski definition) is 6. The van der Waals surface area contributed by atoms with Crippen molar-refractivity contribution in [2.24, 2.45) is 7.05 Å². The van der Waals surface area contributed by atoms with E-state index in [0.717, 1.165) is 50.8 Å². The van der Waals surface area contributed by atoms with Crippen LogP contribution in [0.1, 0.15) is 11.5 Å². The summed E-state index contributed by atoms with van der Waals surface area (Å²) in [6, 6.07) is 5.92. The van der Waals surface area contributed by atoms with E-state index in [-0.39, 0.29) is 0 Å². The molecule has 118 valence electrons. The second-order valence-corrected chi connectivity index (χ2v) is 5.52. The standard InChI is InChI=1S/C15H22N6O/c1-19-14(16-12-17-19)11-21-8-6-20(7-9-21)10-13-4-3-5-15(18-13)22-2/h3-5,12H,6-11H2,1-2H3. The quantitative estimate of drug-likeness (QED) is 0.803. The van der Waals surface area contributed by atoms with E-state index < -0.39 is 0 Å². The summed E-state index contributed by atoms with van der Waals surface area (Å²) < 4.78 is 7.02. The van der Waals surface area contributed by atoms with Gasteiger partial charge < -0.3 is 4.74 Å². The van der Waals surface area contributed by atoms with Crippen molar-refractivity contribution in [3.8, 4) is 5.88 Å². The van der Waals surface area contributed by atoms with Crippen LogP contribution in [0.3, 0.4) is 0 Å². The molecule has 0 saturated carbocycles. The van der Waals surface area contributed by atoms with Gasteiger partial charge in [-0.1, -0.05) is 6.07 Å². The second kappa shape index (κ2) is 6.85. The van der Waals surface area contributed by atoms with Gasteiger partial charge in [0.15, 0.2) is 0 Å². The van der Waals surface area contributed by atoms with E-state index in [1.165, 1.54) is 0 Å². The van der Waals surface area contributed by atoms with Crippen molar-refractivity contribution in [1.82, 2.24) is 29.5 Å². The van der Waals surface area contributed by atoms with Crippen LogP contribution in [0, 0.1) is 0 Å². The summed E-state index contributed by atoms with van der Waals surface area (Å²) in [5.41, 5.74) is 1.06. The number of methoxy groups -OCH3 is 1. The number of piperazine rings is 1. The van der Waals surface area contributed by atoms with Gasteiger partial charge in [0.2, 0.25) is 5.88 Å². The maximum atomic E-state index is 5.18. The first-order valence-corrected chi connectivity index (χ1v) is 7.52. The highest BCUT2D eigenvalue weighted by Gasteiger charge is 2.18. The van der Waals surface area contributed by atoms with E-state index in [9.17, 15) is 0 Å². The molecule has 1 aliphatic heterocycles. The minimum atomic E-state index is 0.679. The van der Waals surface area contributed by atoms with Crippen molar-refractivity contribution < 1.29 is 4.74 Å². The fraction of sp³-hybridized carbons (Fsp3) is 0.533. The summed E-state index contributed by atoms with van der Waals surface area (Å²) in [7, 11) is 3.59. The fourth-order valence-electron chi connectivity index (χ4n) is 2.66. The molecule has 0 bridgehead atoms. The van der Waals surface area contributed by atoms with Gasteiger partial charge in [-0.25, -0.2) is 9.97 Å². The minimum Gasteiger partial charge on any atom is -0.481 e. The Hall–Kier alpha value is -1.99.